The van der Waals surface area contributed by atoms with Crippen LogP contribution in [0.1, 0.15) is 16.7 Å². The molecule has 1 aromatic carbocycles. The zero-order valence-corrected chi connectivity index (χ0v) is 30.7. The van der Waals surface area contributed by atoms with E-state index in [-0.39, 0.29) is 0 Å². The molecule has 0 heterocycles. The van der Waals surface area contributed by atoms with Crippen molar-refractivity contribution in [3.8, 4) is 0 Å². The first-order valence-corrected chi connectivity index (χ1v) is 15.5. The van der Waals surface area contributed by atoms with Gasteiger partial charge in [-0.2, -0.15) is 198 Å². The summed E-state index contributed by atoms with van der Waals surface area (Å²) in [6.07, 6.45) is -25.6. The quantitative estimate of drug-likeness (QED) is 0.129. The number of benzene rings is 1. The van der Waals surface area contributed by atoms with Crippen molar-refractivity contribution in [1.29, 1.82) is 0 Å². The Balaban J connectivity index is 4.90. The zero-order chi connectivity index (χ0) is 59.4. The van der Waals surface area contributed by atoms with Crippen LogP contribution in [0.15, 0.2) is 18.2 Å². The third-order valence-electron chi connectivity index (χ3n) is 9.00. The van der Waals surface area contributed by atoms with E-state index in [1.807, 2.05) is 0 Å². The number of alkyl halides is 45. The predicted molar refractivity (Wildman–Crippen MR) is 130 cm³/mol. The number of hydrogen-bond acceptors (Lipinski definition) is 0. The highest BCUT2D eigenvalue weighted by atomic mass is 19.5. The van der Waals surface area contributed by atoms with Crippen LogP contribution in [0.4, 0.5) is 198 Å². The van der Waals surface area contributed by atoms with E-state index in [0.717, 1.165) is 0 Å². The molecule has 1 aromatic rings. The second-order valence-corrected chi connectivity index (χ2v) is 13.6. The third kappa shape index (κ3) is 7.91. The van der Waals surface area contributed by atoms with Crippen molar-refractivity contribution in [2.45, 2.75) is 125 Å². The molecule has 0 aliphatic carbocycles. The van der Waals surface area contributed by atoms with Gasteiger partial charge in [-0.05, 0) is 18.2 Å². The largest absolute Gasteiger partial charge is 0.460 e. The molecule has 0 nitrogen and oxygen atoms in total. The molecule has 0 aromatic heterocycles. The van der Waals surface area contributed by atoms with Gasteiger partial charge in [-0.25, -0.2) is 0 Å². The topological polar surface area (TPSA) is 0 Å². The molecule has 0 atom stereocenters. The molecule has 0 aliphatic rings. The molecule has 0 amide bonds. The first-order chi connectivity index (χ1) is 30.3. The lowest BCUT2D eigenvalue weighted by Gasteiger charge is -2.43. The first-order valence-electron chi connectivity index (χ1n) is 15.5. The minimum absolute atomic E-state index is 3.18. The van der Waals surface area contributed by atoms with E-state index in [9.17, 15) is 171 Å². The van der Waals surface area contributed by atoms with E-state index in [1.54, 1.807) is 0 Å². The molecule has 0 fully saturated rings. The molecule has 0 N–H and O–H groups in total. The first kappa shape index (κ1) is 66.1. The Bertz CT molecular complexity index is 1880. The standard InChI is InChI=1S/C27H3F45/c28-7(29,10(34,35)13(40,41)16(46,47)19(52,53)22(58,59)25(64,65)66)4-1-5(8(30,31)11(36,37)14(42,43)17(48,49)20(54,55)23(60,61)26(67,68)69)3-6(2-4)9(32,33)12(38,39)15(44,45)18(50,51)21(56,57)24(62,63)27(70,71)72/h1-3H. The lowest BCUT2D eigenvalue weighted by Crippen LogP contribution is -2.72. The van der Waals surface area contributed by atoms with Crippen LogP contribution in [0, 0.1) is 0 Å². The van der Waals surface area contributed by atoms with Crippen molar-refractivity contribution in [2.24, 2.45) is 0 Å². The highest BCUT2D eigenvalue weighted by molar-refractivity contribution is 5.42. The summed E-state index contributed by atoms with van der Waals surface area (Å²) in [4.78, 5) is 0. The fourth-order valence-electron chi connectivity index (χ4n) is 4.62. The van der Waals surface area contributed by atoms with Gasteiger partial charge in [0.25, 0.3) is 0 Å². The minimum Gasteiger partial charge on any atom is -0.194 e. The SMILES string of the molecule is FC(F)(F)C(F)(F)C(F)(F)C(F)(F)C(F)(F)C(F)(F)C(F)(F)c1cc(C(F)(F)C(F)(F)C(F)(F)C(F)(F)C(F)(F)C(F)(F)C(F)(F)F)cc(C(F)(F)C(F)(F)C(F)(F)C(F)(F)C(F)(F)C(F)(F)C(F)(F)F)c1. The maximum atomic E-state index is 15.1. The van der Waals surface area contributed by atoms with Gasteiger partial charge in [-0.15, -0.1) is 0 Å². The molecule has 0 radical (unpaired) electrons. The van der Waals surface area contributed by atoms with Gasteiger partial charge in [0.2, 0.25) is 0 Å². The van der Waals surface area contributed by atoms with Crippen LogP contribution in [0.2, 0.25) is 0 Å². The molecule has 0 saturated heterocycles. The Kier molecular flexibility index (Phi) is 15.0. The molecule has 1 rings (SSSR count). The Morgan fingerprint density at radius 3 is 0.347 bits per heavy atom. The molecule has 0 spiro atoms. The molecular weight excluding hydrogens is 1180 g/mol. The van der Waals surface area contributed by atoms with Crippen LogP contribution in [-0.4, -0.2) is 107 Å². The van der Waals surface area contributed by atoms with E-state index in [0.29, 0.717) is 0 Å². The van der Waals surface area contributed by atoms with Gasteiger partial charge in [0.05, 0.1) is 0 Å². The van der Waals surface area contributed by atoms with Crippen molar-refractivity contribution in [1.82, 2.24) is 0 Å². The Hall–Kier alpha value is -3.93. The lowest BCUT2D eigenvalue weighted by molar-refractivity contribution is -0.454. The van der Waals surface area contributed by atoms with E-state index < -0.39 is 160 Å². The highest BCUT2D eigenvalue weighted by Gasteiger charge is 2.97. The van der Waals surface area contributed by atoms with Crippen molar-refractivity contribution in [3.05, 3.63) is 34.9 Å². The zero-order valence-electron chi connectivity index (χ0n) is 30.7. The number of rotatable bonds is 18. The average molecular weight is 1180 g/mol. The van der Waals surface area contributed by atoms with E-state index in [2.05, 4.69) is 0 Å². The van der Waals surface area contributed by atoms with Gasteiger partial charge in [-0.3, -0.25) is 0 Å². The Labute approximate surface area is 359 Å². The summed E-state index contributed by atoms with van der Waals surface area (Å²) in [5.41, 5.74) is -16.2. The predicted octanol–water partition coefficient (Wildman–Crippen LogP) is 16.2. The summed E-state index contributed by atoms with van der Waals surface area (Å²) in [6.45, 7) is 0. The lowest BCUT2D eigenvalue weighted by atomic mass is 9.83. The fourth-order valence-corrected chi connectivity index (χ4v) is 4.62. The van der Waals surface area contributed by atoms with Gasteiger partial charge < -0.3 is 0 Å². The van der Waals surface area contributed by atoms with Gasteiger partial charge in [0.15, 0.2) is 0 Å². The van der Waals surface area contributed by atoms with E-state index in [1.165, 1.54) is 0 Å². The highest BCUT2D eigenvalue weighted by Crippen LogP contribution is 2.69. The van der Waals surface area contributed by atoms with Crippen molar-refractivity contribution < 1.29 is 198 Å². The molecule has 0 bridgehead atoms. The average Bonchev–Trinajstić information content (AvgIpc) is 3.14. The Morgan fingerprint density at radius 2 is 0.236 bits per heavy atom. The monoisotopic (exact) mass is 1180 g/mol. The smallest absolute Gasteiger partial charge is 0.194 e. The summed E-state index contributed by atoms with van der Waals surface area (Å²) < 4.78 is 619. The van der Waals surface area contributed by atoms with Crippen LogP contribution in [0.25, 0.3) is 0 Å². The van der Waals surface area contributed by atoms with Crippen LogP contribution in [0.3, 0.4) is 0 Å². The third-order valence-corrected chi connectivity index (χ3v) is 9.00. The van der Waals surface area contributed by atoms with Crippen LogP contribution >= 0.6 is 0 Å². The molecular formula is C27H3F45. The van der Waals surface area contributed by atoms with Crippen LogP contribution in [-0.2, 0) is 17.8 Å². The summed E-state index contributed by atoms with van der Waals surface area (Å²) in [7, 11) is 0. The van der Waals surface area contributed by atoms with Gasteiger partial charge in [0, 0.05) is 16.7 Å². The van der Waals surface area contributed by atoms with E-state index in [4.69, 9.17) is 0 Å². The van der Waals surface area contributed by atoms with Crippen molar-refractivity contribution >= 4 is 0 Å². The van der Waals surface area contributed by atoms with Gasteiger partial charge in [0.1, 0.15) is 0 Å². The molecule has 72 heavy (non-hydrogen) atoms. The molecule has 426 valence electrons. The van der Waals surface area contributed by atoms with Gasteiger partial charge >= 0.3 is 125 Å². The Morgan fingerprint density at radius 1 is 0.139 bits per heavy atom. The summed E-state index contributed by atoms with van der Waals surface area (Å²) in [5, 5.41) is 0. The second-order valence-electron chi connectivity index (χ2n) is 13.6. The summed E-state index contributed by atoms with van der Waals surface area (Å²) in [6, 6.07) is -9.55. The second kappa shape index (κ2) is 16.3. The maximum absolute atomic E-state index is 15.1. The minimum atomic E-state index is -9.84. The van der Waals surface area contributed by atoms with Gasteiger partial charge in [-0.1, -0.05) is 0 Å². The van der Waals surface area contributed by atoms with Crippen LogP contribution in [0.5, 0.6) is 0 Å². The molecule has 45 heteroatoms. The molecule has 0 unspecified atom stereocenters. The van der Waals surface area contributed by atoms with E-state index >= 15 is 26.3 Å². The maximum Gasteiger partial charge on any atom is 0.460 e. The number of hydrogen-bond donors (Lipinski definition) is 0. The summed E-state index contributed by atoms with van der Waals surface area (Å²) in [5.74, 6) is -171. The summed E-state index contributed by atoms with van der Waals surface area (Å²) >= 11 is 0. The van der Waals surface area contributed by atoms with Crippen LogP contribution < -0.4 is 0 Å². The molecule has 0 saturated carbocycles. The molecule has 0 aliphatic heterocycles. The fraction of sp³-hybridized carbons (Fsp3) is 0.778. The normalized spacial score (nSPS) is 17.0. The number of halogens is 45. The van der Waals surface area contributed by atoms with Crippen molar-refractivity contribution in [2.75, 3.05) is 0 Å². The van der Waals surface area contributed by atoms with Crippen molar-refractivity contribution in [3.63, 3.8) is 0 Å².